The van der Waals surface area contributed by atoms with Crippen molar-refractivity contribution in [2.24, 2.45) is 0 Å². The Morgan fingerprint density at radius 1 is 1.33 bits per heavy atom. The monoisotopic (exact) mass is 215 g/mol. The SMILES string of the molecule is O=C(O)c1cnc(C(=O)O)[nH]1.[Co]. The molecule has 0 unspecified atom stereocenters. The van der Waals surface area contributed by atoms with Crippen molar-refractivity contribution < 1.29 is 36.6 Å². The summed E-state index contributed by atoms with van der Waals surface area (Å²) in [4.78, 5) is 25.7. The minimum absolute atomic E-state index is 0. The number of hydrogen-bond acceptors (Lipinski definition) is 3. The molecule has 0 spiro atoms. The molecule has 6 nitrogen and oxygen atoms in total. The number of aromatic amines is 1. The molecule has 3 N–H and O–H groups in total. The van der Waals surface area contributed by atoms with Crippen molar-refractivity contribution in [1.82, 2.24) is 9.97 Å². The number of aromatic carboxylic acids is 2. The normalized spacial score (nSPS) is 8.67. The zero-order valence-corrected chi connectivity index (χ0v) is 6.61. The average Bonchev–Trinajstić information content (AvgIpc) is 2.33. The number of carboxylic acids is 2. The van der Waals surface area contributed by atoms with Gasteiger partial charge in [0.05, 0.1) is 6.20 Å². The van der Waals surface area contributed by atoms with Crippen LogP contribution in [0.1, 0.15) is 21.1 Å². The first kappa shape index (κ1) is 10.7. The molecule has 0 fully saturated rings. The molecule has 1 heterocycles. The summed E-state index contributed by atoms with van der Waals surface area (Å²) in [6.07, 6.45) is 0.950. The summed E-state index contributed by atoms with van der Waals surface area (Å²) in [5, 5.41) is 16.6. The summed E-state index contributed by atoms with van der Waals surface area (Å²) in [6, 6.07) is 0. The predicted molar refractivity (Wildman–Crippen MR) is 32.5 cm³/mol. The van der Waals surface area contributed by atoms with Crippen LogP contribution in [-0.4, -0.2) is 32.1 Å². The number of aromatic nitrogens is 2. The molecule has 0 aromatic carbocycles. The summed E-state index contributed by atoms with van der Waals surface area (Å²) < 4.78 is 0. The van der Waals surface area contributed by atoms with E-state index in [1.165, 1.54) is 0 Å². The molecule has 0 aliphatic heterocycles. The Kier molecular flexibility index (Phi) is 3.45. The maximum absolute atomic E-state index is 10.2. The van der Waals surface area contributed by atoms with Gasteiger partial charge in [-0.15, -0.1) is 0 Å². The quantitative estimate of drug-likeness (QED) is 0.633. The second-order valence-corrected chi connectivity index (χ2v) is 1.76. The van der Waals surface area contributed by atoms with Gasteiger partial charge in [0, 0.05) is 16.8 Å². The minimum atomic E-state index is -1.28. The van der Waals surface area contributed by atoms with E-state index in [1.54, 1.807) is 0 Å². The summed E-state index contributed by atoms with van der Waals surface area (Å²) in [5.74, 6) is -2.88. The Morgan fingerprint density at radius 3 is 2.17 bits per heavy atom. The molecule has 1 rings (SSSR count). The van der Waals surface area contributed by atoms with Crippen LogP contribution in [0.2, 0.25) is 0 Å². The van der Waals surface area contributed by atoms with Crippen LogP contribution in [0.15, 0.2) is 6.20 Å². The number of hydrogen-bond donors (Lipinski definition) is 3. The molecule has 12 heavy (non-hydrogen) atoms. The van der Waals surface area contributed by atoms with E-state index in [0.29, 0.717) is 0 Å². The summed E-state index contributed by atoms with van der Waals surface area (Å²) in [7, 11) is 0. The molecule has 0 aliphatic carbocycles. The van der Waals surface area contributed by atoms with Crippen LogP contribution in [0.5, 0.6) is 0 Å². The predicted octanol–water partition coefficient (Wildman–Crippen LogP) is -0.196. The van der Waals surface area contributed by atoms with E-state index in [9.17, 15) is 9.59 Å². The molecule has 0 bridgehead atoms. The summed E-state index contributed by atoms with van der Waals surface area (Å²) in [6.45, 7) is 0. The number of rotatable bonds is 2. The van der Waals surface area contributed by atoms with Gasteiger partial charge in [-0.1, -0.05) is 0 Å². The molecule has 1 aromatic rings. The number of imidazole rings is 1. The Hall–Kier alpha value is -1.34. The second-order valence-electron chi connectivity index (χ2n) is 1.76. The van der Waals surface area contributed by atoms with Crippen molar-refractivity contribution >= 4 is 11.9 Å². The van der Waals surface area contributed by atoms with Gasteiger partial charge in [0.1, 0.15) is 5.69 Å². The largest absolute Gasteiger partial charge is 0.477 e. The second kappa shape index (κ2) is 3.88. The molecule has 0 amide bonds. The van der Waals surface area contributed by atoms with Crippen molar-refractivity contribution in [3.63, 3.8) is 0 Å². The molecule has 0 saturated carbocycles. The number of H-pyrrole nitrogens is 1. The van der Waals surface area contributed by atoms with E-state index in [2.05, 4.69) is 9.97 Å². The third-order valence-corrected chi connectivity index (χ3v) is 1.01. The topological polar surface area (TPSA) is 103 Å². The number of nitrogens with zero attached hydrogens (tertiary/aromatic N) is 1. The molecule has 7 heteroatoms. The van der Waals surface area contributed by atoms with E-state index in [-0.39, 0.29) is 28.3 Å². The molecule has 67 valence electrons. The molecule has 0 saturated heterocycles. The van der Waals surface area contributed by atoms with Gasteiger partial charge in [-0.3, -0.25) is 0 Å². The molecule has 0 atom stereocenters. The van der Waals surface area contributed by atoms with Gasteiger partial charge < -0.3 is 15.2 Å². The maximum Gasteiger partial charge on any atom is 0.371 e. The van der Waals surface area contributed by atoms with Crippen LogP contribution >= 0.6 is 0 Å². The first-order valence-electron chi connectivity index (χ1n) is 2.63. The van der Waals surface area contributed by atoms with Crippen molar-refractivity contribution in [2.75, 3.05) is 0 Å². The third-order valence-electron chi connectivity index (χ3n) is 1.01. The van der Waals surface area contributed by atoms with Gasteiger partial charge >= 0.3 is 11.9 Å². The molecule has 1 aromatic heterocycles. The summed E-state index contributed by atoms with van der Waals surface area (Å²) >= 11 is 0. The first-order chi connectivity index (χ1) is 5.11. The summed E-state index contributed by atoms with van der Waals surface area (Å²) in [5.41, 5.74) is -0.234. The van der Waals surface area contributed by atoms with Gasteiger partial charge in [-0.05, 0) is 0 Å². The van der Waals surface area contributed by atoms with Crippen LogP contribution in [-0.2, 0) is 16.8 Å². The van der Waals surface area contributed by atoms with E-state index >= 15 is 0 Å². The number of carboxylic acid groups (broad SMARTS) is 2. The van der Waals surface area contributed by atoms with E-state index in [0.717, 1.165) is 6.20 Å². The Morgan fingerprint density at radius 2 is 1.92 bits per heavy atom. The van der Waals surface area contributed by atoms with E-state index in [1.807, 2.05) is 0 Å². The standard InChI is InChI=1S/C5H4N2O4.Co/c8-4(9)2-1-6-3(7-2)5(10)11;/h1H,(H,6,7)(H,8,9)(H,10,11);. The number of carbonyl (C=O) groups is 2. The van der Waals surface area contributed by atoms with Crippen LogP contribution in [0, 0.1) is 0 Å². The Bertz CT molecular complexity index is 280. The van der Waals surface area contributed by atoms with Crippen molar-refractivity contribution in [1.29, 1.82) is 0 Å². The van der Waals surface area contributed by atoms with Gasteiger partial charge in [-0.25, -0.2) is 14.6 Å². The first-order valence-corrected chi connectivity index (χ1v) is 2.63. The third kappa shape index (κ3) is 2.07. The fourth-order valence-electron chi connectivity index (χ4n) is 0.539. The Labute approximate surface area is 76.8 Å². The van der Waals surface area contributed by atoms with Crippen molar-refractivity contribution in [2.45, 2.75) is 0 Å². The fraction of sp³-hybridized carbons (Fsp3) is 0. The van der Waals surface area contributed by atoms with Crippen molar-refractivity contribution in [3.05, 3.63) is 17.7 Å². The van der Waals surface area contributed by atoms with Crippen LogP contribution < -0.4 is 0 Å². The molecule has 0 aliphatic rings. The van der Waals surface area contributed by atoms with Crippen molar-refractivity contribution in [3.8, 4) is 0 Å². The Balaban J connectivity index is 0.00000121. The smallest absolute Gasteiger partial charge is 0.371 e. The molecular weight excluding hydrogens is 211 g/mol. The van der Waals surface area contributed by atoms with E-state index < -0.39 is 11.9 Å². The van der Waals surface area contributed by atoms with Crippen LogP contribution in [0.4, 0.5) is 0 Å². The maximum atomic E-state index is 10.2. The minimum Gasteiger partial charge on any atom is -0.477 e. The van der Waals surface area contributed by atoms with E-state index in [4.69, 9.17) is 10.2 Å². The van der Waals surface area contributed by atoms with Crippen LogP contribution in [0.25, 0.3) is 0 Å². The van der Waals surface area contributed by atoms with Gasteiger partial charge in [-0.2, -0.15) is 0 Å². The van der Waals surface area contributed by atoms with Crippen LogP contribution in [0.3, 0.4) is 0 Å². The zero-order chi connectivity index (χ0) is 8.43. The number of nitrogens with one attached hydrogen (secondary N) is 1. The fourth-order valence-corrected chi connectivity index (χ4v) is 0.539. The average molecular weight is 215 g/mol. The van der Waals surface area contributed by atoms with Gasteiger partial charge in [0.25, 0.3) is 0 Å². The molecular formula is C5H4CoN2O4. The van der Waals surface area contributed by atoms with Gasteiger partial charge in [0.2, 0.25) is 5.82 Å². The zero-order valence-electron chi connectivity index (χ0n) is 5.57. The van der Waals surface area contributed by atoms with Gasteiger partial charge in [0.15, 0.2) is 0 Å². The molecule has 1 radical (unpaired) electrons.